The van der Waals surface area contributed by atoms with E-state index in [1.807, 2.05) is 44.2 Å². The average molecular weight is 286 g/mol. The van der Waals surface area contributed by atoms with Gasteiger partial charge in [-0.25, -0.2) is 9.67 Å². The fourth-order valence-corrected chi connectivity index (χ4v) is 2.82. The number of para-hydroxylation sites is 1. The van der Waals surface area contributed by atoms with Crippen molar-refractivity contribution in [3.8, 4) is 5.69 Å². The molecule has 0 aliphatic carbocycles. The van der Waals surface area contributed by atoms with Crippen LogP contribution in [0.4, 0.5) is 0 Å². The molecule has 1 aromatic carbocycles. The molecule has 0 bridgehead atoms. The summed E-state index contributed by atoms with van der Waals surface area (Å²) in [5.41, 5.74) is 3.05. The first kappa shape index (κ1) is 12.9. The molecular formula is C14H14N4OS. The SMILES string of the molecule is Cc1noc(C)c1CSc1ncn(-c2ccccc2)n1. The summed E-state index contributed by atoms with van der Waals surface area (Å²) in [4.78, 5) is 4.32. The number of hydrogen-bond acceptors (Lipinski definition) is 5. The molecule has 0 aliphatic heterocycles. The van der Waals surface area contributed by atoms with E-state index >= 15 is 0 Å². The van der Waals surface area contributed by atoms with Crippen molar-refractivity contribution in [1.29, 1.82) is 0 Å². The molecule has 0 N–H and O–H groups in total. The Morgan fingerprint density at radius 2 is 2.00 bits per heavy atom. The average Bonchev–Trinajstić information content (AvgIpc) is 3.06. The lowest BCUT2D eigenvalue weighted by Crippen LogP contribution is -1.93. The number of thioether (sulfide) groups is 1. The summed E-state index contributed by atoms with van der Waals surface area (Å²) in [7, 11) is 0. The van der Waals surface area contributed by atoms with Crippen molar-refractivity contribution >= 4 is 11.8 Å². The lowest BCUT2D eigenvalue weighted by molar-refractivity contribution is 0.392. The van der Waals surface area contributed by atoms with Crippen molar-refractivity contribution in [2.75, 3.05) is 0 Å². The second-order valence-corrected chi connectivity index (χ2v) is 5.34. The van der Waals surface area contributed by atoms with E-state index in [-0.39, 0.29) is 0 Å². The summed E-state index contributed by atoms with van der Waals surface area (Å²) >= 11 is 1.58. The zero-order chi connectivity index (χ0) is 13.9. The third-order valence-corrected chi connectivity index (χ3v) is 3.90. The molecule has 2 heterocycles. The van der Waals surface area contributed by atoms with E-state index in [2.05, 4.69) is 15.2 Å². The highest BCUT2D eigenvalue weighted by molar-refractivity contribution is 7.98. The predicted molar refractivity (Wildman–Crippen MR) is 76.9 cm³/mol. The fraction of sp³-hybridized carbons (Fsp3) is 0.214. The maximum Gasteiger partial charge on any atom is 0.209 e. The Hall–Kier alpha value is -2.08. The topological polar surface area (TPSA) is 56.7 Å². The minimum Gasteiger partial charge on any atom is -0.361 e. The summed E-state index contributed by atoms with van der Waals surface area (Å²) in [6.45, 7) is 3.87. The van der Waals surface area contributed by atoms with Gasteiger partial charge in [-0.2, -0.15) is 0 Å². The summed E-state index contributed by atoms with van der Waals surface area (Å²) in [5.74, 6) is 1.62. The van der Waals surface area contributed by atoms with E-state index in [0.29, 0.717) is 0 Å². The fourth-order valence-electron chi connectivity index (χ4n) is 1.86. The Labute approximate surface area is 121 Å². The normalized spacial score (nSPS) is 10.9. The van der Waals surface area contributed by atoms with Crippen molar-refractivity contribution in [2.24, 2.45) is 0 Å². The predicted octanol–water partition coefficient (Wildman–Crippen LogP) is 3.16. The maximum absolute atomic E-state index is 5.15. The molecule has 5 nitrogen and oxygen atoms in total. The van der Waals surface area contributed by atoms with Gasteiger partial charge in [0.1, 0.15) is 12.1 Å². The van der Waals surface area contributed by atoms with Gasteiger partial charge >= 0.3 is 0 Å². The molecule has 6 heteroatoms. The Balaban J connectivity index is 1.72. The van der Waals surface area contributed by atoms with Gasteiger partial charge in [-0.05, 0) is 26.0 Å². The van der Waals surface area contributed by atoms with Crippen molar-refractivity contribution in [2.45, 2.75) is 24.8 Å². The van der Waals surface area contributed by atoms with Gasteiger partial charge < -0.3 is 4.52 Å². The van der Waals surface area contributed by atoms with Crippen molar-refractivity contribution in [3.63, 3.8) is 0 Å². The van der Waals surface area contributed by atoms with Crippen molar-refractivity contribution < 1.29 is 4.52 Å². The monoisotopic (exact) mass is 286 g/mol. The molecule has 0 radical (unpaired) electrons. The number of benzene rings is 1. The highest BCUT2D eigenvalue weighted by atomic mass is 32.2. The van der Waals surface area contributed by atoms with E-state index in [0.717, 1.165) is 33.6 Å². The van der Waals surface area contributed by atoms with E-state index in [1.54, 1.807) is 22.8 Å². The molecule has 0 saturated carbocycles. The van der Waals surface area contributed by atoms with Gasteiger partial charge in [0.2, 0.25) is 5.16 Å². The largest absolute Gasteiger partial charge is 0.361 e. The molecule has 0 spiro atoms. The molecule has 0 unspecified atom stereocenters. The molecule has 0 saturated heterocycles. The number of rotatable bonds is 4. The van der Waals surface area contributed by atoms with Crippen LogP contribution in [0.1, 0.15) is 17.0 Å². The van der Waals surface area contributed by atoms with Crippen LogP contribution in [0.15, 0.2) is 46.3 Å². The zero-order valence-corrected chi connectivity index (χ0v) is 12.1. The number of aryl methyl sites for hydroxylation is 2. The van der Waals surface area contributed by atoms with Crippen LogP contribution in [0.5, 0.6) is 0 Å². The third kappa shape index (κ3) is 2.60. The van der Waals surface area contributed by atoms with E-state index in [1.165, 1.54) is 0 Å². The summed E-state index contributed by atoms with van der Waals surface area (Å²) in [5, 5.41) is 9.15. The van der Waals surface area contributed by atoms with E-state index in [9.17, 15) is 0 Å². The molecule has 0 amide bonds. The van der Waals surface area contributed by atoms with Gasteiger partial charge in [0.25, 0.3) is 0 Å². The Morgan fingerprint density at radius 3 is 2.70 bits per heavy atom. The van der Waals surface area contributed by atoms with Crippen LogP contribution in [0.3, 0.4) is 0 Å². The Kier molecular flexibility index (Phi) is 3.56. The van der Waals surface area contributed by atoms with Gasteiger partial charge in [-0.3, -0.25) is 0 Å². The standard InChI is InChI=1S/C14H14N4OS/c1-10-13(11(2)19-17-10)8-20-14-15-9-18(16-14)12-6-4-3-5-7-12/h3-7,9H,8H2,1-2H3. The minimum atomic E-state index is 0.744. The minimum absolute atomic E-state index is 0.744. The van der Waals surface area contributed by atoms with Crippen LogP contribution in [0.2, 0.25) is 0 Å². The molecule has 0 atom stereocenters. The molecule has 0 fully saturated rings. The van der Waals surface area contributed by atoms with Gasteiger partial charge in [-0.15, -0.1) is 5.10 Å². The quantitative estimate of drug-likeness (QED) is 0.689. The second kappa shape index (κ2) is 5.50. The number of nitrogens with zero attached hydrogens (tertiary/aromatic N) is 4. The van der Waals surface area contributed by atoms with Crippen LogP contribution in [0, 0.1) is 13.8 Å². The van der Waals surface area contributed by atoms with Crippen LogP contribution >= 0.6 is 11.8 Å². The molecule has 2 aromatic heterocycles. The van der Waals surface area contributed by atoms with Crippen molar-refractivity contribution in [1.82, 2.24) is 19.9 Å². The third-order valence-electron chi connectivity index (χ3n) is 3.02. The Bertz CT molecular complexity index is 686. The van der Waals surface area contributed by atoms with Crippen LogP contribution < -0.4 is 0 Å². The summed E-state index contributed by atoms with van der Waals surface area (Å²) in [6, 6.07) is 9.93. The molecule has 3 rings (SSSR count). The van der Waals surface area contributed by atoms with Gasteiger partial charge in [0.15, 0.2) is 0 Å². The first-order chi connectivity index (χ1) is 9.74. The molecule has 0 aliphatic rings. The lowest BCUT2D eigenvalue weighted by atomic mass is 10.2. The lowest BCUT2D eigenvalue weighted by Gasteiger charge is -1.98. The zero-order valence-electron chi connectivity index (χ0n) is 11.3. The Morgan fingerprint density at radius 1 is 1.20 bits per heavy atom. The summed E-state index contributed by atoms with van der Waals surface area (Å²) in [6.07, 6.45) is 1.73. The van der Waals surface area contributed by atoms with Crippen LogP contribution in [-0.4, -0.2) is 19.9 Å². The highest BCUT2D eigenvalue weighted by Gasteiger charge is 2.11. The van der Waals surface area contributed by atoms with Gasteiger partial charge in [0.05, 0.1) is 11.4 Å². The number of aromatic nitrogens is 4. The molecule has 102 valence electrons. The highest BCUT2D eigenvalue weighted by Crippen LogP contribution is 2.23. The molecule has 3 aromatic rings. The van der Waals surface area contributed by atoms with Gasteiger partial charge in [-0.1, -0.05) is 35.1 Å². The smallest absolute Gasteiger partial charge is 0.209 e. The first-order valence-corrected chi connectivity index (χ1v) is 7.24. The molecule has 20 heavy (non-hydrogen) atoms. The van der Waals surface area contributed by atoms with E-state index < -0.39 is 0 Å². The summed E-state index contributed by atoms with van der Waals surface area (Å²) < 4.78 is 6.92. The van der Waals surface area contributed by atoms with E-state index in [4.69, 9.17) is 4.52 Å². The van der Waals surface area contributed by atoms with Crippen LogP contribution in [-0.2, 0) is 5.75 Å². The van der Waals surface area contributed by atoms with Gasteiger partial charge in [0, 0.05) is 11.3 Å². The second-order valence-electron chi connectivity index (χ2n) is 4.40. The first-order valence-electron chi connectivity index (χ1n) is 6.25. The van der Waals surface area contributed by atoms with Crippen molar-refractivity contribution in [3.05, 3.63) is 53.7 Å². The molecular weight excluding hydrogens is 272 g/mol. The van der Waals surface area contributed by atoms with Crippen LogP contribution in [0.25, 0.3) is 5.69 Å². The number of hydrogen-bond donors (Lipinski definition) is 0. The maximum atomic E-state index is 5.15.